The fourth-order valence-corrected chi connectivity index (χ4v) is 4.87. The Hall–Kier alpha value is -3.30. The molecule has 0 bridgehead atoms. The molecule has 2 aromatic carbocycles. The average Bonchev–Trinajstić information content (AvgIpc) is 3.37. The molecule has 31 heavy (non-hydrogen) atoms. The normalized spacial score (nSPS) is 11.4. The molecule has 0 spiro atoms. The SMILES string of the molecule is COc1cc2c(cc1NC(=O)CSCc1cc(=O)n3ccsc3n1)oc1ccccc12. The minimum absolute atomic E-state index is 0.116. The Labute approximate surface area is 184 Å². The number of nitrogens with zero attached hydrogens (tertiary/aromatic N) is 2. The van der Waals surface area contributed by atoms with Gasteiger partial charge in [0.2, 0.25) is 5.91 Å². The highest BCUT2D eigenvalue weighted by molar-refractivity contribution is 7.99. The lowest BCUT2D eigenvalue weighted by molar-refractivity contribution is -0.113. The number of rotatable bonds is 6. The molecule has 0 atom stereocenters. The van der Waals surface area contributed by atoms with Crippen LogP contribution in [-0.2, 0) is 10.5 Å². The van der Waals surface area contributed by atoms with Crippen LogP contribution in [0.1, 0.15) is 5.69 Å². The minimum Gasteiger partial charge on any atom is -0.495 e. The van der Waals surface area contributed by atoms with E-state index in [0.29, 0.717) is 33.4 Å². The van der Waals surface area contributed by atoms with Crippen LogP contribution >= 0.6 is 23.1 Å². The molecule has 3 aromatic heterocycles. The van der Waals surface area contributed by atoms with Crippen molar-refractivity contribution < 1.29 is 13.9 Å². The van der Waals surface area contributed by atoms with Crippen molar-refractivity contribution in [2.45, 2.75) is 5.75 Å². The predicted molar refractivity (Wildman–Crippen MR) is 124 cm³/mol. The van der Waals surface area contributed by atoms with Crippen molar-refractivity contribution in [3.05, 3.63) is 70.1 Å². The molecule has 9 heteroatoms. The summed E-state index contributed by atoms with van der Waals surface area (Å²) in [6.07, 6.45) is 1.70. The van der Waals surface area contributed by atoms with Crippen molar-refractivity contribution in [2.75, 3.05) is 18.2 Å². The smallest absolute Gasteiger partial charge is 0.258 e. The zero-order valence-corrected chi connectivity index (χ0v) is 18.1. The van der Waals surface area contributed by atoms with Crippen molar-refractivity contribution >= 4 is 61.6 Å². The number of hydrogen-bond acceptors (Lipinski definition) is 7. The standard InChI is InChI=1S/C22H17N3O4S2/c1-28-19-9-15-14-4-2-3-5-17(14)29-18(15)10-16(19)24-20(26)12-30-11-13-8-21(27)25-6-7-31-22(25)23-13/h2-10H,11-12H2,1H3,(H,24,26). The number of ether oxygens (including phenoxy) is 1. The summed E-state index contributed by atoms with van der Waals surface area (Å²) >= 11 is 2.80. The van der Waals surface area contributed by atoms with Crippen LogP contribution in [-0.4, -0.2) is 28.2 Å². The molecule has 1 amide bonds. The maximum atomic E-state index is 12.5. The van der Waals surface area contributed by atoms with Crippen LogP contribution in [0.15, 0.2) is 63.3 Å². The lowest BCUT2D eigenvalue weighted by Gasteiger charge is -2.10. The number of thiazole rings is 1. The molecule has 5 rings (SSSR count). The summed E-state index contributed by atoms with van der Waals surface area (Å²) in [6, 6.07) is 12.9. The van der Waals surface area contributed by atoms with Crippen LogP contribution in [0.3, 0.4) is 0 Å². The first kappa shape index (κ1) is 19.7. The van der Waals surface area contributed by atoms with Crippen molar-refractivity contribution in [2.24, 2.45) is 0 Å². The second-order valence-electron chi connectivity index (χ2n) is 6.83. The maximum Gasteiger partial charge on any atom is 0.258 e. The fraction of sp³-hybridized carbons (Fsp3) is 0.136. The topological polar surface area (TPSA) is 85.8 Å². The summed E-state index contributed by atoms with van der Waals surface area (Å²) in [5, 5.41) is 6.64. The number of aromatic nitrogens is 2. The van der Waals surface area contributed by atoms with Gasteiger partial charge in [0, 0.05) is 40.2 Å². The Balaban J connectivity index is 1.30. The highest BCUT2D eigenvalue weighted by Gasteiger charge is 2.14. The number of hydrogen-bond donors (Lipinski definition) is 1. The van der Waals surface area contributed by atoms with Gasteiger partial charge in [-0.25, -0.2) is 4.98 Å². The summed E-state index contributed by atoms with van der Waals surface area (Å²) in [6.45, 7) is 0. The van der Waals surface area contributed by atoms with Crippen LogP contribution in [0.2, 0.25) is 0 Å². The third kappa shape index (κ3) is 3.77. The Morgan fingerprint density at radius 3 is 2.97 bits per heavy atom. The summed E-state index contributed by atoms with van der Waals surface area (Å²) in [5.74, 6) is 1.08. The van der Waals surface area contributed by atoms with Gasteiger partial charge >= 0.3 is 0 Å². The van der Waals surface area contributed by atoms with Gasteiger partial charge in [0.1, 0.15) is 16.9 Å². The number of benzene rings is 2. The average molecular weight is 452 g/mol. The highest BCUT2D eigenvalue weighted by atomic mass is 32.2. The van der Waals surface area contributed by atoms with Gasteiger partial charge in [-0.3, -0.25) is 14.0 Å². The molecular formula is C22H17N3O4S2. The number of nitrogens with one attached hydrogen (secondary N) is 1. The van der Waals surface area contributed by atoms with E-state index in [0.717, 1.165) is 16.4 Å². The van der Waals surface area contributed by atoms with Crippen LogP contribution in [0.25, 0.3) is 26.9 Å². The lowest BCUT2D eigenvalue weighted by Crippen LogP contribution is -2.15. The van der Waals surface area contributed by atoms with Crippen LogP contribution in [0, 0.1) is 0 Å². The number of anilines is 1. The zero-order chi connectivity index (χ0) is 21.4. The molecule has 0 saturated carbocycles. The van der Waals surface area contributed by atoms with Crippen LogP contribution in [0.5, 0.6) is 5.75 Å². The van der Waals surface area contributed by atoms with Gasteiger partial charge in [0.15, 0.2) is 4.96 Å². The van der Waals surface area contributed by atoms with Gasteiger partial charge < -0.3 is 14.5 Å². The third-order valence-electron chi connectivity index (χ3n) is 4.81. The van der Waals surface area contributed by atoms with E-state index in [-0.39, 0.29) is 17.2 Å². The van der Waals surface area contributed by atoms with Crippen LogP contribution < -0.4 is 15.6 Å². The molecule has 3 heterocycles. The van der Waals surface area contributed by atoms with Gasteiger partial charge in [-0.15, -0.1) is 23.1 Å². The number of thioether (sulfide) groups is 1. The Morgan fingerprint density at radius 1 is 1.23 bits per heavy atom. The van der Waals surface area contributed by atoms with E-state index in [4.69, 9.17) is 9.15 Å². The molecule has 0 radical (unpaired) electrons. The Kier molecular flexibility index (Phi) is 5.13. The lowest BCUT2D eigenvalue weighted by atomic mass is 10.1. The quantitative estimate of drug-likeness (QED) is 0.408. The number of methoxy groups -OCH3 is 1. The largest absolute Gasteiger partial charge is 0.495 e. The zero-order valence-electron chi connectivity index (χ0n) is 16.5. The molecule has 5 aromatic rings. The summed E-state index contributed by atoms with van der Waals surface area (Å²) in [4.78, 5) is 29.7. The van der Waals surface area contributed by atoms with E-state index in [1.807, 2.05) is 35.7 Å². The number of fused-ring (bicyclic) bond motifs is 4. The van der Waals surface area contributed by atoms with Gasteiger partial charge in [-0.1, -0.05) is 18.2 Å². The molecule has 0 aliphatic heterocycles. The molecule has 0 aliphatic carbocycles. The minimum atomic E-state index is -0.173. The highest BCUT2D eigenvalue weighted by Crippen LogP contribution is 2.36. The molecule has 0 aliphatic rings. The van der Waals surface area contributed by atoms with Crippen LogP contribution in [0.4, 0.5) is 5.69 Å². The summed E-state index contributed by atoms with van der Waals surface area (Å²) < 4.78 is 12.9. The molecule has 0 saturated heterocycles. The van der Waals surface area contributed by atoms with E-state index >= 15 is 0 Å². The number of carbonyl (C=O) groups excluding carboxylic acids is 1. The van der Waals surface area contributed by atoms with Crippen molar-refractivity contribution in [3.63, 3.8) is 0 Å². The van der Waals surface area contributed by atoms with E-state index in [1.165, 1.54) is 33.6 Å². The molecule has 7 nitrogen and oxygen atoms in total. The number of furan rings is 1. The predicted octanol–water partition coefficient (Wildman–Crippen LogP) is 4.54. The number of carbonyl (C=O) groups is 1. The van der Waals surface area contributed by atoms with E-state index < -0.39 is 0 Å². The third-order valence-corrected chi connectivity index (χ3v) is 6.54. The van der Waals surface area contributed by atoms with Crippen molar-refractivity contribution in [1.82, 2.24) is 9.38 Å². The second kappa shape index (κ2) is 8.09. The fourth-order valence-electron chi connectivity index (χ4n) is 3.41. The van der Waals surface area contributed by atoms with Gasteiger partial charge in [0.05, 0.1) is 24.2 Å². The Bertz CT molecular complexity index is 1490. The molecule has 156 valence electrons. The monoisotopic (exact) mass is 451 g/mol. The molecule has 0 unspecified atom stereocenters. The van der Waals surface area contributed by atoms with Gasteiger partial charge in [0.25, 0.3) is 5.56 Å². The van der Waals surface area contributed by atoms with Gasteiger partial charge in [-0.05, 0) is 12.1 Å². The molecular weight excluding hydrogens is 434 g/mol. The van der Waals surface area contributed by atoms with E-state index in [9.17, 15) is 9.59 Å². The van der Waals surface area contributed by atoms with Crippen molar-refractivity contribution in [1.29, 1.82) is 0 Å². The first-order valence-electron chi connectivity index (χ1n) is 9.45. The van der Waals surface area contributed by atoms with E-state index in [2.05, 4.69) is 10.3 Å². The molecule has 0 fully saturated rings. The second-order valence-corrected chi connectivity index (χ2v) is 8.69. The number of para-hydroxylation sites is 1. The summed E-state index contributed by atoms with van der Waals surface area (Å²) in [5.41, 5.74) is 2.56. The number of amides is 1. The molecule has 1 N–H and O–H groups in total. The van der Waals surface area contributed by atoms with Gasteiger partial charge in [-0.2, -0.15) is 0 Å². The summed E-state index contributed by atoms with van der Waals surface area (Å²) in [7, 11) is 1.57. The van der Waals surface area contributed by atoms with E-state index in [1.54, 1.807) is 19.4 Å². The Morgan fingerprint density at radius 2 is 2.10 bits per heavy atom. The maximum absolute atomic E-state index is 12.5. The first-order chi connectivity index (χ1) is 15.1. The van der Waals surface area contributed by atoms with Crippen molar-refractivity contribution in [3.8, 4) is 5.75 Å². The first-order valence-corrected chi connectivity index (χ1v) is 11.5.